The molecule has 0 saturated carbocycles. The van der Waals surface area contributed by atoms with E-state index in [-0.39, 0.29) is 37.1 Å². The second-order valence-electron chi connectivity index (χ2n) is 13.7. The van der Waals surface area contributed by atoms with E-state index in [1.807, 2.05) is 11.9 Å². The van der Waals surface area contributed by atoms with Crippen molar-refractivity contribution in [2.75, 3.05) is 27.5 Å². The number of hydrogen-bond donors (Lipinski definition) is 1. The van der Waals surface area contributed by atoms with E-state index in [9.17, 15) is 29.5 Å². The summed E-state index contributed by atoms with van der Waals surface area (Å²) in [5.74, 6) is -1.39. The van der Waals surface area contributed by atoms with Gasteiger partial charge in [-0.25, -0.2) is 0 Å². The summed E-state index contributed by atoms with van der Waals surface area (Å²) in [7, 11) is 3.35. The third-order valence-electron chi connectivity index (χ3n) is 11.6. The number of likely N-dealkylation sites (N-methyl/N-ethyl adjacent to an activating group) is 1. The number of amides is 2. The number of allylic oxidation sites excluding steroid dienone is 1. The summed E-state index contributed by atoms with van der Waals surface area (Å²) >= 11 is 0. The Morgan fingerprint density at radius 1 is 1.08 bits per heavy atom. The van der Waals surface area contributed by atoms with Crippen LogP contribution in [0.3, 0.4) is 0 Å². The Bertz CT molecular complexity index is 1900. The van der Waals surface area contributed by atoms with Gasteiger partial charge in [0.1, 0.15) is 23.7 Å². The molecule has 7 unspecified atom stereocenters. The molecule has 49 heavy (non-hydrogen) atoms. The smallest absolute Gasteiger partial charge is 0.308 e. The molecule has 2 amide bonds. The number of ether oxygens (including phenoxy) is 4. The highest BCUT2D eigenvalue weighted by Gasteiger charge is 2.63. The molecule has 1 aliphatic carbocycles. The van der Waals surface area contributed by atoms with Crippen molar-refractivity contribution < 1.29 is 43.2 Å². The Morgan fingerprint density at radius 2 is 1.76 bits per heavy atom. The Hall–Kier alpha value is -4.77. The van der Waals surface area contributed by atoms with Gasteiger partial charge in [-0.05, 0) is 45.9 Å². The third kappa shape index (κ3) is 4.20. The van der Waals surface area contributed by atoms with Crippen molar-refractivity contribution in [3.63, 3.8) is 0 Å². The highest BCUT2D eigenvalue weighted by Crippen LogP contribution is 2.57. The van der Waals surface area contributed by atoms with Gasteiger partial charge in [0.15, 0.2) is 17.3 Å². The molecule has 6 aliphatic rings. The van der Waals surface area contributed by atoms with Gasteiger partial charge in [0.05, 0.1) is 30.3 Å². The highest BCUT2D eigenvalue weighted by molar-refractivity contribution is 6.21. The van der Waals surface area contributed by atoms with Gasteiger partial charge in [0, 0.05) is 65.7 Å². The number of carbonyl (C=O) groups is 4. The topological polar surface area (TPSA) is 159 Å². The Labute approximate surface area is 282 Å². The first-order valence-corrected chi connectivity index (χ1v) is 16.4. The summed E-state index contributed by atoms with van der Waals surface area (Å²) < 4.78 is 23.5. The lowest BCUT2D eigenvalue weighted by atomic mass is 9.61. The molecule has 13 heteroatoms. The minimum absolute atomic E-state index is 0.0888. The number of benzene rings is 2. The van der Waals surface area contributed by atoms with Crippen molar-refractivity contribution in [3.8, 4) is 23.3 Å². The zero-order chi connectivity index (χ0) is 34.6. The van der Waals surface area contributed by atoms with Crippen LogP contribution in [0.15, 0.2) is 35.6 Å². The van der Waals surface area contributed by atoms with Gasteiger partial charge in [-0.15, -0.1) is 0 Å². The summed E-state index contributed by atoms with van der Waals surface area (Å²) in [4.78, 5) is 59.4. The summed E-state index contributed by atoms with van der Waals surface area (Å²) in [5.41, 5.74) is 2.73. The standard InChI is InChI=1S/C36H36N4O9/c1-15-29(42)20-10-22-24(12-37)40-23(28(38(22)4)27(20)30(43)32(15)46-5)11-21-26(34-33(47-14-48-34)16(2)31(21)49-17(3)41)25(40)13-39-35(44)18-8-6-7-9-19(18)36(39)45/h6-9,20,22-25,27-28,30,43H,10-11,13-14H2,1-5H3/t20?,22?,23?,24?,25-,27?,28?,30?/m0/s1. The number of fused-ring (bicyclic) bond motifs is 10. The second-order valence-corrected chi connectivity index (χ2v) is 13.7. The molecule has 5 heterocycles. The van der Waals surface area contributed by atoms with Crippen molar-refractivity contribution in [1.29, 1.82) is 5.26 Å². The maximum atomic E-state index is 13.9. The largest absolute Gasteiger partial charge is 0.498 e. The fourth-order valence-electron chi connectivity index (χ4n) is 9.64. The number of esters is 1. The Kier molecular flexibility index (Phi) is 7.15. The number of ketones is 1. The molecule has 5 aliphatic heterocycles. The normalized spacial score (nSPS) is 31.5. The van der Waals surface area contributed by atoms with Crippen molar-refractivity contribution in [1.82, 2.24) is 14.7 Å². The number of nitrogens with zero attached hydrogens (tertiary/aromatic N) is 4. The number of piperidine rings is 1. The number of nitriles is 1. The van der Waals surface area contributed by atoms with Crippen LogP contribution in [0.4, 0.5) is 0 Å². The zero-order valence-electron chi connectivity index (χ0n) is 27.8. The molecule has 8 atom stereocenters. The first-order valence-electron chi connectivity index (χ1n) is 16.4. The first-order chi connectivity index (χ1) is 23.5. The molecule has 1 N–H and O–H groups in total. The predicted molar refractivity (Wildman–Crippen MR) is 170 cm³/mol. The van der Waals surface area contributed by atoms with E-state index in [1.54, 1.807) is 38.1 Å². The quantitative estimate of drug-likeness (QED) is 0.288. The van der Waals surface area contributed by atoms with Crippen LogP contribution in [0.1, 0.15) is 63.7 Å². The molecule has 2 aromatic rings. The number of imide groups is 1. The lowest BCUT2D eigenvalue weighted by Gasteiger charge is -2.64. The summed E-state index contributed by atoms with van der Waals surface area (Å²) in [6, 6.07) is 6.17. The number of carbonyl (C=O) groups excluding carboxylic acids is 4. The van der Waals surface area contributed by atoms with E-state index >= 15 is 0 Å². The fraction of sp³-hybridized carbons (Fsp3) is 0.472. The Morgan fingerprint density at radius 3 is 2.39 bits per heavy atom. The number of aliphatic hydroxyl groups is 1. The van der Waals surface area contributed by atoms with E-state index in [1.165, 1.54) is 18.9 Å². The summed E-state index contributed by atoms with van der Waals surface area (Å²) in [5, 5.41) is 22.8. The van der Waals surface area contributed by atoms with Crippen LogP contribution in [-0.4, -0.2) is 101 Å². The summed E-state index contributed by atoms with van der Waals surface area (Å²) in [6.07, 6.45) is -0.521. The molecule has 0 aromatic heterocycles. The van der Waals surface area contributed by atoms with Crippen molar-refractivity contribution in [2.45, 2.75) is 69.9 Å². The number of rotatable bonds is 4. The molecule has 0 radical (unpaired) electrons. The molecule has 2 saturated heterocycles. The van der Waals surface area contributed by atoms with Crippen LogP contribution < -0.4 is 14.2 Å². The van der Waals surface area contributed by atoms with E-state index in [0.717, 1.165) is 0 Å². The minimum atomic E-state index is -1.09. The number of hydrogen-bond acceptors (Lipinski definition) is 12. The van der Waals surface area contributed by atoms with Crippen LogP contribution in [0.5, 0.6) is 17.2 Å². The second kappa shape index (κ2) is 11.1. The summed E-state index contributed by atoms with van der Waals surface area (Å²) in [6.45, 7) is 4.52. The van der Waals surface area contributed by atoms with Gasteiger partial charge in [-0.2, -0.15) is 5.26 Å². The molecule has 8 rings (SSSR count). The van der Waals surface area contributed by atoms with E-state index in [4.69, 9.17) is 18.9 Å². The van der Waals surface area contributed by atoms with Gasteiger partial charge in [-0.1, -0.05) is 12.1 Å². The van der Waals surface area contributed by atoms with Crippen LogP contribution in [0, 0.1) is 30.1 Å². The van der Waals surface area contributed by atoms with E-state index in [0.29, 0.717) is 51.3 Å². The highest BCUT2D eigenvalue weighted by atomic mass is 16.7. The number of methoxy groups -OCH3 is 1. The lowest BCUT2D eigenvalue weighted by Crippen LogP contribution is -2.76. The molecule has 254 valence electrons. The van der Waals surface area contributed by atoms with Gasteiger partial charge in [-0.3, -0.25) is 33.9 Å². The molecule has 2 aromatic carbocycles. The van der Waals surface area contributed by atoms with Gasteiger partial charge < -0.3 is 24.1 Å². The van der Waals surface area contributed by atoms with Crippen LogP contribution in [0.2, 0.25) is 0 Å². The molecule has 2 bridgehead atoms. The van der Waals surface area contributed by atoms with Crippen LogP contribution >= 0.6 is 0 Å². The number of Topliss-reactive ketones (excluding diaryl/α,β-unsaturated/α-hetero) is 1. The van der Waals surface area contributed by atoms with Gasteiger partial charge in [0.25, 0.3) is 11.8 Å². The molecule has 0 spiro atoms. The maximum absolute atomic E-state index is 13.9. The zero-order valence-corrected chi connectivity index (χ0v) is 27.8. The Balaban J connectivity index is 1.35. The number of aliphatic hydroxyl groups excluding tert-OH is 1. The molecular weight excluding hydrogens is 632 g/mol. The number of piperazine rings is 1. The molecule has 13 nitrogen and oxygen atoms in total. The molecular formula is C36H36N4O9. The van der Waals surface area contributed by atoms with Crippen molar-refractivity contribution >= 4 is 23.6 Å². The fourth-order valence-corrected chi connectivity index (χ4v) is 9.64. The molecule has 2 fully saturated rings. The first kappa shape index (κ1) is 31.5. The van der Waals surface area contributed by atoms with Crippen LogP contribution in [0.25, 0.3) is 0 Å². The average molecular weight is 669 g/mol. The van der Waals surface area contributed by atoms with Gasteiger partial charge >= 0.3 is 5.97 Å². The monoisotopic (exact) mass is 668 g/mol. The van der Waals surface area contributed by atoms with E-state index in [2.05, 4.69) is 11.0 Å². The predicted octanol–water partition coefficient (Wildman–Crippen LogP) is 2.29. The maximum Gasteiger partial charge on any atom is 0.308 e. The van der Waals surface area contributed by atoms with E-state index < -0.39 is 65.9 Å². The lowest BCUT2D eigenvalue weighted by molar-refractivity contribution is -0.162. The van der Waals surface area contributed by atoms with Crippen molar-refractivity contribution in [2.24, 2.45) is 11.8 Å². The third-order valence-corrected chi connectivity index (χ3v) is 11.6. The average Bonchev–Trinajstić information content (AvgIpc) is 3.66. The minimum Gasteiger partial charge on any atom is -0.498 e. The van der Waals surface area contributed by atoms with Gasteiger partial charge in [0.2, 0.25) is 6.79 Å². The van der Waals surface area contributed by atoms with Crippen molar-refractivity contribution in [3.05, 3.63) is 63.4 Å². The van der Waals surface area contributed by atoms with Crippen LogP contribution in [-0.2, 0) is 20.7 Å². The SMILES string of the molecule is COC1=C(C)C(=O)C2CC3C(C#N)N4C(Cc5c(OC(C)=O)c(C)c6c(c5[C@@H]4CN4C(=O)c5ccccc5C4=O)OCO6)C(C2C1O)N3C.